The first kappa shape index (κ1) is 6.22. The highest BCUT2D eigenvalue weighted by atomic mass is 13.7. The normalized spacial score (nSPS) is 9.14. The Morgan fingerprint density at radius 2 is 2.00 bits per heavy atom. The molecule has 0 aromatic heterocycles. The van der Waals surface area contributed by atoms with Gasteiger partial charge in [-0.1, -0.05) is 30.9 Å². The first-order valence-electron chi connectivity index (χ1n) is 2.30. The Labute approximate surface area is 44.9 Å². The summed E-state index contributed by atoms with van der Waals surface area (Å²) in [7, 11) is 0. The standard InChI is InChI=1S/C7H10/c1-3-5-7-6-4-2/h3-5,7H,1-2,6H2. The van der Waals surface area contributed by atoms with Gasteiger partial charge in [-0.3, -0.25) is 0 Å². The van der Waals surface area contributed by atoms with Crippen LogP contribution in [0, 0.1) is 0 Å². The minimum atomic E-state index is 0.937. The Bertz CT molecular complexity index is 78.0. The molecule has 0 bridgehead atoms. The van der Waals surface area contributed by atoms with Gasteiger partial charge in [0.1, 0.15) is 0 Å². The van der Waals surface area contributed by atoms with Crippen LogP contribution in [0.4, 0.5) is 0 Å². The SMILES string of the molecule is C=CC=CCC=C. The minimum absolute atomic E-state index is 0.937. The van der Waals surface area contributed by atoms with Crippen LogP contribution in [0.25, 0.3) is 0 Å². The third kappa shape index (κ3) is 5.22. The van der Waals surface area contributed by atoms with Gasteiger partial charge in [-0.2, -0.15) is 0 Å². The summed E-state index contributed by atoms with van der Waals surface area (Å²) in [5, 5.41) is 0. The lowest BCUT2D eigenvalue weighted by Crippen LogP contribution is -1.50. The Morgan fingerprint density at radius 1 is 1.29 bits per heavy atom. The Morgan fingerprint density at radius 3 is 2.43 bits per heavy atom. The molecule has 0 unspecified atom stereocenters. The summed E-state index contributed by atoms with van der Waals surface area (Å²) < 4.78 is 0. The molecular weight excluding hydrogens is 84.1 g/mol. The van der Waals surface area contributed by atoms with Crippen molar-refractivity contribution >= 4 is 0 Å². The first-order chi connectivity index (χ1) is 3.41. The van der Waals surface area contributed by atoms with E-state index < -0.39 is 0 Å². The third-order valence-electron chi connectivity index (χ3n) is 0.575. The topological polar surface area (TPSA) is 0 Å². The van der Waals surface area contributed by atoms with E-state index in [2.05, 4.69) is 13.2 Å². The van der Waals surface area contributed by atoms with Crippen LogP contribution in [0.3, 0.4) is 0 Å². The van der Waals surface area contributed by atoms with Crippen LogP contribution >= 0.6 is 0 Å². The molecule has 0 aliphatic heterocycles. The number of allylic oxidation sites excluding steroid dienone is 4. The molecule has 0 rings (SSSR count). The molecular formula is C7H10. The van der Waals surface area contributed by atoms with E-state index in [-0.39, 0.29) is 0 Å². The fraction of sp³-hybridized carbons (Fsp3) is 0.143. The summed E-state index contributed by atoms with van der Waals surface area (Å²) >= 11 is 0. The number of hydrogen-bond acceptors (Lipinski definition) is 0. The highest BCUT2D eigenvalue weighted by Gasteiger charge is 1.59. The van der Waals surface area contributed by atoms with Crippen molar-refractivity contribution in [1.29, 1.82) is 0 Å². The second-order valence-electron chi connectivity index (χ2n) is 1.19. The molecule has 0 saturated heterocycles. The molecule has 0 heteroatoms. The van der Waals surface area contributed by atoms with Crippen LogP contribution < -0.4 is 0 Å². The predicted molar refractivity (Wildman–Crippen MR) is 34.2 cm³/mol. The van der Waals surface area contributed by atoms with Gasteiger partial charge in [0.15, 0.2) is 0 Å². The molecule has 0 aromatic carbocycles. The van der Waals surface area contributed by atoms with Crippen LogP contribution in [0.2, 0.25) is 0 Å². The van der Waals surface area contributed by atoms with E-state index in [0.717, 1.165) is 6.42 Å². The van der Waals surface area contributed by atoms with Crippen LogP contribution in [0.1, 0.15) is 6.42 Å². The zero-order valence-electron chi connectivity index (χ0n) is 4.43. The van der Waals surface area contributed by atoms with Gasteiger partial charge in [0.25, 0.3) is 0 Å². The second-order valence-corrected chi connectivity index (χ2v) is 1.19. The highest BCUT2D eigenvalue weighted by molar-refractivity contribution is 4.99. The maximum absolute atomic E-state index is 3.55. The van der Waals surface area contributed by atoms with Crippen LogP contribution in [-0.4, -0.2) is 0 Å². The molecule has 0 spiro atoms. The van der Waals surface area contributed by atoms with Crippen LogP contribution in [0.5, 0.6) is 0 Å². The van der Waals surface area contributed by atoms with Crippen molar-refractivity contribution in [1.82, 2.24) is 0 Å². The van der Waals surface area contributed by atoms with Crippen molar-refractivity contribution in [3.05, 3.63) is 37.5 Å². The lowest BCUT2D eigenvalue weighted by molar-refractivity contribution is 1.41. The van der Waals surface area contributed by atoms with E-state index in [4.69, 9.17) is 0 Å². The quantitative estimate of drug-likeness (QED) is 0.372. The summed E-state index contributed by atoms with van der Waals surface area (Å²) in [5.74, 6) is 0. The molecule has 0 radical (unpaired) electrons. The number of rotatable bonds is 3. The van der Waals surface area contributed by atoms with Gasteiger partial charge in [0, 0.05) is 0 Å². The van der Waals surface area contributed by atoms with Gasteiger partial charge in [0.05, 0.1) is 0 Å². The van der Waals surface area contributed by atoms with E-state index in [9.17, 15) is 0 Å². The Balaban J connectivity index is 3.08. The highest BCUT2D eigenvalue weighted by Crippen LogP contribution is 1.81. The van der Waals surface area contributed by atoms with Gasteiger partial charge in [-0.25, -0.2) is 0 Å². The van der Waals surface area contributed by atoms with Crippen molar-refractivity contribution in [2.45, 2.75) is 6.42 Å². The van der Waals surface area contributed by atoms with E-state index in [0.29, 0.717) is 0 Å². The van der Waals surface area contributed by atoms with Gasteiger partial charge in [-0.05, 0) is 6.42 Å². The summed E-state index contributed by atoms with van der Waals surface area (Å²) in [6.07, 6.45) is 8.44. The molecule has 0 aliphatic rings. The molecule has 0 fully saturated rings. The van der Waals surface area contributed by atoms with E-state index in [1.165, 1.54) is 0 Å². The van der Waals surface area contributed by atoms with Gasteiger partial charge in [0.2, 0.25) is 0 Å². The molecule has 0 aliphatic carbocycles. The van der Waals surface area contributed by atoms with Crippen molar-refractivity contribution < 1.29 is 0 Å². The lowest BCUT2D eigenvalue weighted by atomic mass is 10.4. The van der Waals surface area contributed by atoms with Crippen molar-refractivity contribution in [3.8, 4) is 0 Å². The fourth-order valence-corrected chi connectivity index (χ4v) is 0.271. The predicted octanol–water partition coefficient (Wildman–Crippen LogP) is 2.30. The van der Waals surface area contributed by atoms with Crippen molar-refractivity contribution in [2.75, 3.05) is 0 Å². The maximum Gasteiger partial charge on any atom is -0.0169 e. The second kappa shape index (κ2) is 5.22. The molecule has 0 heterocycles. The van der Waals surface area contributed by atoms with E-state index in [1.54, 1.807) is 6.08 Å². The van der Waals surface area contributed by atoms with Gasteiger partial charge in [-0.15, -0.1) is 6.58 Å². The maximum atomic E-state index is 3.55. The molecule has 7 heavy (non-hydrogen) atoms. The molecule has 0 N–H and O–H groups in total. The molecule has 0 aromatic rings. The summed E-state index contributed by atoms with van der Waals surface area (Å²) in [6.45, 7) is 7.06. The molecule has 0 nitrogen and oxygen atoms in total. The van der Waals surface area contributed by atoms with Crippen molar-refractivity contribution in [2.24, 2.45) is 0 Å². The zero-order valence-corrected chi connectivity index (χ0v) is 4.43. The third-order valence-corrected chi connectivity index (χ3v) is 0.575. The largest absolute Gasteiger partial charge is 0.103 e. The van der Waals surface area contributed by atoms with Crippen LogP contribution in [-0.2, 0) is 0 Å². The van der Waals surface area contributed by atoms with E-state index >= 15 is 0 Å². The summed E-state index contributed by atoms with van der Waals surface area (Å²) in [5.41, 5.74) is 0. The summed E-state index contributed by atoms with van der Waals surface area (Å²) in [6, 6.07) is 0. The average molecular weight is 94.2 g/mol. The van der Waals surface area contributed by atoms with Crippen molar-refractivity contribution in [3.63, 3.8) is 0 Å². The summed E-state index contributed by atoms with van der Waals surface area (Å²) in [4.78, 5) is 0. The molecule has 38 valence electrons. The molecule has 0 atom stereocenters. The van der Waals surface area contributed by atoms with Gasteiger partial charge < -0.3 is 0 Å². The Kier molecular flexibility index (Phi) is 4.64. The van der Waals surface area contributed by atoms with Crippen LogP contribution in [0.15, 0.2) is 37.5 Å². The monoisotopic (exact) mass is 94.1 g/mol. The lowest BCUT2D eigenvalue weighted by Gasteiger charge is -1.71. The minimum Gasteiger partial charge on any atom is -0.103 e. The van der Waals surface area contributed by atoms with Gasteiger partial charge >= 0.3 is 0 Å². The van der Waals surface area contributed by atoms with E-state index in [1.807, 2.05) is 18.2 Å². The Hall–Kier alpha value is -0.780. The first-order valence-corrected chi connectivity index (χ1v) is 2.30. The molecule has 0 saturated carbocycles. The zero-order chi connectivity index (χ0) is 5.54. The average Bonchev–Trinajstić information content (AvgIpc) is 1.69. The smallest absolute Gasteiger partial charge is 0.0169 e. The number of hydrogen-bond donors (Lipinski definition) is 0. The fourth-order valence-electron chi connectivity index (χ4n) is 0.271. The molecule has 0 amide bonds.